The van der Waals surface area contributed by atoms with Crippen LogP contribution in [-0.4, -0.2) is 4.98 Å². The highest BCUT2D eigenvalue weighted by Gasteiger charge is 2.09. The van der Waals surface area contributed by atoms with Crippen molar-refractivity contribution in [2.45, 2.75) is 19.5 Å². The Balaban J connectivity index is 2.06. The standard InChI is InChI=1S/C15H14FN3/c1-11(12-5-7-18-8-6-12)19-10-14-4-2-3-13(9-17)15(14)16/h2-8,11,19H,10H2,1H3/t11-/m1/s1. The first-order valence-electron chi connectivity index (χ1n) is 6.03. The molecule has 0 saturated heterocycles. The highest BCUT2D eigenvalue weighted by atomic mass is 19.1. The molecule has 1 aromatic heterocycles. The van der Waals surface area contributed by atoms with Gasteiger partial charge in [-0.2, -0.15) is 5.26 Å². The topological polar surface area (TPSA) is 48.7 Å². The quantitative estimate of drug-likeness (QED) is 0.913. The molecule has 1 atom stereocenters. The van der Waals surface area contributed by atoms with Gasteiger partial charge in [0.2, 0.25) is 0 Å². The lowest BCUT2D eigenvalue weighted by Gasteiger charge is -2.14. The van der Waals surface area contributed by atoms with Crippen LogP contribution in [0.15, 0.2) is 42.7 Å². The minimum atomic E-state index is -0.445. The molecule has 2 rings (SSSR count). The van der Waals surface area contributed by atoms with Gasteiger partial charge in [0.05, 0.1) is 5.56 Å². The van der Waals surface area contributed by atoms with Crippen LogP contribution in [0, 0.1) is 17.1 Å². The van der Waals surface area contributed by atoms with E-state index in [4.69, 9.17) is 5.26 Å². The van der Waals surface area contributed by atoms with Crippen molar-refractivity contribution >= 4 is 0 Å². The predicted molar refractivity (Wildman–Crippen MR) is 70.6 cm³/mol. The van der Waals surface area contributed by atoms with Gasteiger partial charge in [0.25, 0.3) is 0 Å². The largest absolute Gasteiger partial charge is 0.306 e. The number of nitriles is 1. The van der Waals surface area contributed by atoms with Gasteiger partial charge in [-0.15, -0.1) is 0 Å². The van der Waals surface area contributed by atoms with E-state index < -0.39 is 5.82 Å². The predicted octanol–water partition coefficient (Wildman–Crippen LogP) is 2.94. The molecule has 2 aromatic rings. The third kappa shape index (κ3) is 3.15. The number of hydrogen-bond donors (Lipinski definition) is 1. The molecule has 0 bridgehead atoms. The van der Waals surface area contributed by atoms with E-state index in [2.05, 4.69) is 10.3 Å². The van der Waals surface area contributed by atoms with E-state index in [-0.39, 0.29) is 11.6 Å². The number of nitrogens with zero attached hydrogens (tertiary/aromatic N) is 2. The molecule has 0 amide bonds. The van der Waals surface area contributed by atoms with Gasteiger partial charge in [-0.3, -0.25) is 4.98 Å². The normalized spacial score (nSPS) is 11.8. The van der Waals surface area contributed by atoms with Crippen LogP contribution >= 0.6 is 0 Å². The molecule has 0 aliphatic rings. The lowest BCUT2D eigenvalue weighted by Crippen LogP contribution is -2.19. The van der Waals surface area contributed by atoms with Crippen molar-refractivity contribution in [2.75, 3.05) is 0 Å². The minimum absolute atomic E-state index is 0.0795. The molecule has 96 valence electrons. The van der Waals surface area contributed by atoms with Crippen LogP contribution in [0.3, 0.4) is 0 Å². The molecule has 1 N–H and O–H groups in total. The molecule has 1 aromatic carbocycles. The Labute approximate surface area is 111 Å². The van der Waals surface area contributed by atoms with Gasteiger partial charge in [0.1, 0.15) is 11.9 Å². The number of pyridine rings is 1. The van der Waals surface area contributed by atoms with E-state index in [1.165, 1.54) is 6.07 Å². The SMILES string of the molecule is C[C@@H](NCc1cccc(C#N)c1F)c1ccncc1. The van der Waals surface area contributed by atoms with Gasteiger partial charge in [-0.25, -0.2) is 4.39 Å². The molecule has 0 aliphatic heterocycles. The van der Waals surface area contributed by atoms with E-state index in [0.717, 1.165) is 5.56 Å². The number of benzene rings is 1. The summed E-state index contributed by atoms with van der Waals surface area (Å²) in [5.74, 6) is -0.445. The van der Waals surface area contributed by atoms with Gasteiger partial charge in [-0.1, -0.05) is 12.1 Å². The van der Waals surface area contributed by atoms with Gasteiger partial charge in [0.15, 0.2) is 0 Å². The number of nitrogens with one attached hydrogen (secondary N) is 1. The van der Waals surface area contributed by atoms with Gasteiger partial charge < -0.3 is 5.32 Å². The van der Waals surface area contributed by atoms with E-state index in [0.29, 0.717) is 12.1 Å². The lowest BCUT2D eigenvalue weighted by molar-refractivity contribution is 0.542. The second kappa shape index (κ2) is 6.07. The monoisotopic (exact) mass is 255 g/mol. The van der Waals surface area contributed by atoms with Gasteiger partial charge >= 0.3 is 0 Å². The van der Waals surface area contributed by atoms with Crippen LogP contribution in [0.1, 0.15) is 29.7 Å². The Morgan fingerprint density at radius 2 is 2.05 bits per heavy atom. The fourth-order valence-electron chi connectivity index (χ4n) is 1.84. The summed E-state index contributed by atoms with van der Waals surface area (Å²) in [5, 5.41) is 12.0. The summed E-state index contributed by atoms with van der Waals surface area (Å²) < 4.78 is 13.9. The second-order valence-corrected chi connectivity index (χ2v) is 4.27. The van der Waals surface area contributed by atoms with Crippen molar-refractivity contribution in [3.05, 3.63) is 65.2 Å². The fourth-order valence-corrected chi connectivity index (χ4v) is 1.84. The Hall–Kier alpha value is -2.25. The molecule has 0 radical (unpaired) electrons. The Bertz CT molecular complexity index is 590. The minimum Gasteiger partial charge on any atom is -0.306 e. The summed E-state index contributed by atoms with van der Waals surface area (Å²) in [7, 11) is 0. The average Bonchev–Trinajstić information content (AvgIpc) is 2.47. The molecule has 4 heteroatoms. The van der Waals surface area contributed by atoms with Crippen molar-refractivity contribution in [3.63, 3.8) is 0 Å². The summed E-state index contributed by atoms with van der Waals surface area (Å²) in [4.78, 5) is 3.96. The van der Waals surface area contributed by atoms with E-state index in [1.54, 1.807) is 24.5 Å². The van der Waals surface area contributed by atoms with E-state index in [9.17, 15) is 4.39 Å². The Morgan fingerprint density at radius 3 is 2.74 bits per heavy atom. The molecule has 0 aliphatic carbocycles. The van der Waals surface area contributed by atoms with Crippen molar-refractivity contribution in [1.82, 2.24) is 10.3 Å². The van der Waals surface area contributed by atoms with Crippen molar-refractivity contribution in [3.8, 4) is 6.07 Å². The Kier molecular flexibility index (Phi) is 4.22. The molecular weight excluding hydrogens is 241 g/mol. The molecule has 0 spiro atoms. The van der Waals surface area contributed by atoms with Crippen LogP contribution in [0.2, 0.25) is 0 Å². The van der Waals surface area contributed by atoms with Crippen molar-refractivity contribution in [2.24, 2.45) is 0 Å². The Morgan fingerprint density at radius 1 is 1.32 bits per heavy atom. The number of hydrogen-bond acceptors (Lipinski definition) is 3. The fraction of sp³-hybridized carbons (Fsp3) is 0.200. The summed E-state index contributed by atoms with van der Waals surface area (Å²) in [6, 6.07) is 10.6. The van der Waals surface area contributed by atoms with Crippen molar-refractivity contribution in [1.29, 1.82) is 5.26 Å². The first-order valence-corrected chi connectivity index (χ1v) is 6.03. The average molecular weight is 255 g/mol. The molecule has 19 heavy (non-hydrogen) atoms. The summed E-state index contributed by atoms with van der Waals surface area (Å²) in [5.41, 5.74) is 1.67. The van der Waals surface area contributed by atoms with E-state index in [1.807, 2.05) is 25.1 Å². The van der Waals surface area contributed by atoms with Gasteiger partial charge in [0, 0.05) is 30.5 Å². The molecule has 1 heterocycles. The third-order valence-corrected chi connectivity index (χ3v) is 3.00. The molecule has 0 saturated carbocycles. The second-order valence-electron chi connectivity index (χ2n) is 4.27. The maximum atomic E-state index is 13.9. The zero-order chi connectivity index (χ0) is 13.7. The van der Waals surface area contributed by atoms with Crippen LogP contribution < -0.4 is 5.32 Å². The van der Waals surface area contributed by atoms with Gasteiger partial charge in [-0.05, 0) is 30.7 Å². The lowest BCUT2D eigenvalue weighted by atomic mass is 10.1. The van der Waals surface area contributed by atoms with Crippen LogP contribution in [-0.2, 0) is 6.54 Å². The van der Waals surface area contributed by atoms with Crippen LogP contribution in [0.4, 0.5) is 4.39 Å². The van der Waals surface area contributed by atoms with E-state index >= 15 is 0 Å². The first-order chi connectivity index (χ1) is 9.22. The zero-order valence-corrected chi connectivity index (χ0v) is 10.6. The third-order valence-electron chi connectivity index (χ3n) is 3.00. The maximum Gasteiger partial charge on any atom is 0.145 e. The van der Waals surface area contributed by atoms with Crippen LogP contribution in [0.25, 0.3) is 0 Å². The number of halogens is 1. The summed E-state index contributed by atoms with van der Waals surface area (Å²) >= 11 is 0. The van der Waals surface area contributed by atoms with Crippen LogP contribution in [0.5, 0.6) is 0 Å². The first kappa shape index (κ1) is 13.2. The zero-order valence-electron chi connectivity index (χ0n) is 10.6. The number of rotatable bonds is 4. The summed E-state index contributed by atoms with van der Waals surface area (Å²) in [6.07, 6.45) is 3.45. The smallest absolute Gasteiger partial charge is 0.145 e. The maximum absolute atomic E-state index is 13.9. The number of aromatic nitrogens is 1. The molecule has 3 nitrogen and oxygen atoms in total. The molecule has 0 unspecified atom stereocenters. The molecule has 0 fully saturated rings. The van der Waals surface area contributed by atoms with Crippen molar-refractivity contribution < 1.29 is 4.39 Å². The highest BCUT2D eigenvalue weighted by Crippen LogP contribution is 2.15. The highest BCUT2D eigenvalue weighted by molar-refractivity contribution is 5.35. The molecular formula is C15H14FN3. The summed E-state index contributed by atoms with van der Waals surface area (Å²) in [6.45, 7) is 2.38.